The number of benzene rings is 1. The molecule has 1 aromatic carbocycles. The summed E-state index contributed by atoms with van der Waals surface area (Å²) >= 11 is 0. The number of pyridine rings is 1. The molecule has 0 bridgehead atoms. The van der Waals surface area contributed by atoms with Gasteiger partial charge in [-0.3, -0.25) is 9.78 Å². The van der Waals surface area contributed by atoms with Gasteiger partial charge in [-0.1, -0.05) is 6.07 Å². The van der Waals surface area contributed by atoms with E-state index in [1.807, 2.05) is 6.07 Å². The van der Waals surface area contributed by atoms with Gasteiger partial charge >= 0.3 is 0 Å². The molecule has 2 aliphatic rings. The minimum atomic E-state index is -1.77. The minimum Gasteiger partial charge on any atom is -0.381 e. The molecule has 6 rings (SSSR count). The Labute approximate surface area is 207 Å². The van der Waals surface area contributed by atoms with Crippen LogP contribution < -0.4 is 16.2 Å². The molecule has 4 aromatic rings. The highest BCUT2D eigenvalue weighted by atomic mass is 19.1. The van der Waals surface area contributed by atoms with Crippen molar-refractivity contribution in [2.45, 2.75) is 57.5 Å². The van der Waals surface area contributed by atoms with Gasteiger partial charge in [0, 0.05) is 24.6 Å². The van der Waals surface area contributed by atoms with Gasteiger partial charge in [0.2, 0.25) is 5.95 Å². The number of anilines is 2. The predicted molar refractivity (Wildman–Crippen MR) is 134 cm³/mol. The van der Waals surface area contributed by atoms with E-state index in [0.717, 1.165) is 38.0 Å². The van der Waals surface area contributed by atoms with E-state index in [4.69, 9.17) is 4.98 Å². The van der Waals surface area contributed by atoms with Gasteiger partial charge in [-0.15, -0.1) is 0 Å². The Balaban J connectivity index is 1.46. The van der Waals surface area contributed by atoms with E-state index in [9.17, 15) is 14.3 Å². The Morgan fingerprint density at radius 1 is 1.22 bits per heavy atom. The highest BCUT2D eigenvalue weighted by Crippen LogP contribution is 2.36. The lowest BCUT2D eigenvalue weighted by molar-refractivity contribution is -0.0196. The van der Waals surface area contributed by atoms with Crippen molar-refractivity contribution >= 4 is 22.7 Å². The fraction of sp³-hybridized carbons (Fsp3) is 0.385. The van der Waals surface area contributed by atoms with E-state index in [1.54, 1.807) is 27.7 Å². The van der Waals surface area contributed by atoms with Crippen LogP contribution in [0.1, 0.15) is 49.6 Å². The first-order valence-electron chi connectivity index (χ1n) is 12.3. The third-order valence-electron chi connectivity index (χ3n) is 7.15. The van der Waals surface area contributed by atoms with Crippen molar-refractivity contribution in [3.63, 3.8) is 0 Å². The molecule has 0 amide bonds. The average molecular weight is 490 g/mol. The lowest BCUT2D eigenvalue weighted by Gasteiger charge is -2.24. The van der Waals surface area contributed by atoms with Gasteiger partial charge in [-0.25, -0.2) is 18.7 Å². The summed E-state index contributed by atoms with van der Waals surface area (Å²) in [5.41, 5.74) is 2.70. The SMILES string of the molecule is CC(F)C(C)(O)c1cc(-n2c3nc(Nc4ccc5c(c4)CCNC5)ncc3c(=O)n2C2CC2)ccn1. The molecule has 1 fully saturated rings. The van der Waals surface area contributed by atoms with Crippen LogP contribution in [-0.4, -0.2) is 42.1 Å². The Bertz CT molecular complexity index is 1520. The Hall–Kier alpha value is -3.63. The molecule has 9 nitrogen and oxygen atoms in total. The van der Waals surface area contributed by atoms with Gasteiger partial charge in [0.25, 0.3) is 5.56 Å². The molecular weight excluding hydrogens is 461 g/mol. The van der Waals surface area contributed by atoms with Crippen LogP contribution in [0.5, 0.6) is 0 Å². The van der Waals surface area contributed by atoms with Crippen LogP contribution in [0.4, 0.5) is 16.0 Å². The molecule has 1 saturated carbocycles. The summed E-state index contributed by atoms with van der Waals surface area (Å²) < 4.78 is 17.6. The first-order valence-corrected chi connectivity index (χ1v) is 12.3. The lowest BCUT2D eigenvalue weighted by atomic mass is 9.96. The Morgan fingerprint density at radius 3 is 2.83 bits per heavy atom. The van der Waals surface area contributed by atoms with Crippen LogP contribution in [0.2, 0.25) is 0 Å². The normalized spacial score (nSPS) is 18.0. The number of rotatable bonds is 6. The summed E-state index contributed by atoms with van der Waals surface area (Å²) in [6.45, 7) is 4.50. The second-order valence-corrected chi connectivity index (χ2v) is 9.82. The molecule has 3 N–H and O–H groups in total. The molecule has 1 aliphatic carbocycles. The molecule has 2 unspecified atom stereocenters. The molecule has 0 radical (unpaired) electrons. The van der Waals surface area contributed by atoms with Crippen molar-refractivity contribution in [3.8, 4) is 5.69 Å². The van der Waals surface area contributed by atoms with E-state index in [2.05, 4.69) is 32.7 Å². The van der Waals surface area contributed by atoms with Crippen molar-refractivity contribution in [2.75, 3.05) is 11.9 Å². The van der Waals surface area contributed by atoms with Crippen LogP contribution in [0, 0.1) is 0 Å². The topological polar surface area (TPSA) is 110 Å². The number of hydrogen-bond acceptors (Lipinski definition) is 7. The van der Waals surface area contributed by atoms with Gasteiger partial charge in [0.1, 0.15) is 17.2 Å². The maximum atomic E-state index is 14.2. The Morgan fingerprint density at radius 2 is 2.06 bits per heavy atom. The van der Waals surface area contributed by atoms with Crippen LogP contribution in [0.15, 0.2) is 47.5 Å². The zero-order valence-corrected chi connectivity index (χ0v) is 20.2. The smallest absolute Gasteiger partial charge is 0.278 e. The summed E-state index contributed by atoms with van der Waals surface area (Å²) in [6, 6.07) is 9.60. The molecule has 1 aliphatic heterocycles. The highest BCUT2D eigenvalue weighted by molar-refractivity contribution is 5.77. The standard InChI is InChI=1S/C26H28FN7O2/c1-15(27)26(2,36)22-12-20(8-10-29-22)33-23-21(24(35)34(33)19-5-6-19)14-30-25(32-23)31-18-4-3-17-13-28-9-7-16(17)11-18/h3-4,8,10-12,14-15,19,28,36H,5-7,9,13H2,1-2H3,(H,30,31,32). The average Bonchev–Trinajstić information content (AvgIpc) is 3.67. The number of hydrogen-bond donors (Lipinski definition) is 3. The van der Waals surface area contributed by atoms with Crippen LogP contribution in [0.3, 0.4) is 0 Å². The maximum absolute atomic E-state index is 14.2. The molecule has 36 heavy (non-hydrogen) atoms. The van der Waals surface area contributed by atoms with Crippen LogP contribution in [0.25, 0.3) is 16.7 Å². The summed E-state index contributed by atoms with van der Waals surface area (Å²) in [5.74, 6) is 0.372. The number of nitrogens with one attached hydrogen (secondary N) is 2. The molecule has 3 aromatic heterocycles. The monoisotopic (exact) mass is 489 g/mol. The fourth-order valence-electron chi connectivity index (χ4n) is 4.67. The van der Waals surface area contributed by atoms with E-state index in [1.165, 1.54) is 31.2 Å². The van der Waals surface area contributed by atoms with Crippen molar-refractivity contribution in [2.24, 2.45) is 0 Å². The van der Waals surface area contributed by atoms with Crippen molar-refractivity contribution in [1.82, 2.24) is 29.6 Å². The molecule has 186 valence electrons. The zero-order chi connectivity index (χ0) is 25.0. The maximum Gasteiger partial charge on any atom is 0.278 e. The number of alkyl halides is 1. The Kier molecular flexibility index (Phi) is 5.38. The van der Waals surface area contributed by atoms with E-state index in [0.29, 0.717) is 22.7 Å². The lowest BCUT2D eigenvalue weighted by Crippen LogP contribution is -2.32. The molecule has 2 atom stereocenters. The second-order valence-electron chi connectivity index (χ2n) is 9.82. The zero-order valence-electron chi connectivity index (χ0n) is 20.2. The van der Waals surface area contributed by atoms with E-state index < -0.39 is 11.8 Å². The van der Waals surface area contributed by atoms with Gasteiger partial charge in [-0.2, -0.15) is 4.98 Å². The number of aromatic nitrogens is 5. The minimum absolute atomic E-state index is 0.0505. The predicted octanol–water partition coefficient (Wildman–Crippen LogP) is 3.27. The summed E-state index contributed by atoms with van der Waals surface area (Å²) in [4.78, 5) is 26.7. The molecule has 10 heteroatoms. The molecule has 0 spiro atoms. The van der Waals surface area contributed by atoms with Crippen molar-refractivity contribution in [3.05, 3.63) is 69.9 Å². The quantitative estimate of drug-likeness (QED) is 0.381. The first-order chi connectivity index (χ1) is 17.3. The van der Waals surface area contributed by atoms with E-state index >= 15 is 0 Å². The third-order valence-corrected chi connectivity index (χ3v) is 7.15. The fourth-order valence-corrected chi connectivity index (χ4v) is 4.67. The van der Waals surface area contributed by atoms with Crippen molar-refractivity contribution < 1.29 is 9.50 Å². The van der Waals surface area contributed by atoms with Crippen LogP contribution >= 0.6 is 0 Å². The molecular formula is C26H28FN7O2. The van der Waals surface area contributed by atoms with Gasteiger partial charge < -0.3 is 15.7 Å². The number of fused-ring (bicyclic) bond motifs is 2. The number of aliphatic hydroxyl groups is 1. The summed E-state index contributed by atoms with van der Waals surface area (Å²) in [7, 11) is 0. The first kappa shape index (κ1) is 22.8. The molecule has 0 saturated heterocycles. The van der Waals surface area contributed by atoms with Gasteiger partial charge in [-0.05, 0) is 75.0 Å². The summed E-state index contributed by atoms with van der Waals surface area (Å²) in [5, 5.41) is 17.7. The van der Waals surface area contributed by atoms with E-state index in [-0.39, 0.29) is 17.3 Å². The summed E-state index contributed by atoms with van der Waals surface area (Å²) in [6.07, 6.45) is 4.26. The van der Waals surface area contributed by atoms with Crippen LogP contribution in [-0.2, 0) is 18.6 Å². The molecule has 4 heterocycles. The van der Waals surface area contributed by atoms with Gasteiger partial charge in [0.15, 0.2) is 5.65 Å². The third kappa shape index (κ3) is 3.86. The van der Waals surface area contributed by atoms with Gasteiger partial charge in [0.05, 0.1) is 17.4 Å². The highest BCUT2D eigenvalue weighted by Gasteiger charge is 2.34. The second kappa shape index (κ2) is 8.49. The van der Waals surface area contributed by atoms with Crippen molar-refractivity contribution in [1.29, 1.82) is 0 Å². The number of nitrogens with zero attached hydrogens (tertiary/aromatic N) is 5. The largest absolute Gasteiger partial charge is 0.381 e. The number of halogens is 1.